The summed E-state index contributed by atoms with van der Waals surface area (Å²) in [5, 5.41) is 0. The molecule has 2 N–H and O–H groups in total. The standard InChI is InChI=1S/C21H31N5O7/c1-6-8-9-25-16-17(23-20(22)24-18(16)30-5)26(21(25)29)19-15(32-12(4)28)10-14(33-19)13(7-2)31-11(3)27/h13-15,19H,6-10H2,1-5H3,(H2,22,23,24)/t13-,14-,15+,19+/m0/s1. The minimum absolute atomic E-state index is 0.0781. The molecule has 12 nitrogen and oxygen atoms in total. The Bertz CT molecular complexity index is 1080. The first kappa shape index (κ1) is 24.5. The predicted molar refractivity (Wildman–Crippen MR) is 118 cm³/mol. The Morgan fingerprint density at radius 1 is 1.24 bits per heavy atom. The van der Waals surface area contributed by atoms with Crippen molar-refractivity contribution in [1.82, 2.24) is 19.1 Å². The summed E-state index contributed by atoms with van der Waals surface area (Å²) in [7, 11) is 1.43. The fraction of sp³-hybridized carbons (Fsp3) is 0.667. The van der Waals surface area contributed by atoms with Crippen LogP contribution in [0.15, 0.2) is 4.79 Å². The average molecular weight is 466 g/mol. The number of imidazole rings is 1. The first-order valence-corrected chi connectivity index (χ1v) is 11.0. The van der Waals surface area contributed by atoms with E-state index in [-0.39, 0.29) is 23.9 Å². The average Bonchev–Trinajstić information content (AvgIpc) is 3.26. The maximum absolute atomic E-state index is 13.6. The van der Waals surface area contributed by atoms with E-state index in [4.69, 9.17) is 24.7 Å². The Morgan fingerprint density at radius 2 is 1.97 bits per heavy atom. The molecule has 12 heteroatoms. The van der Waals surface area contributed by atoms with Crippen molar-refractivity contribution in [3.05, 3.63) is 10.5 Å². The van der Waals surface area contributed by atoms with Gasteiger partial charge in [0.1, 0.15) is 18.3 Å². The fourth-order valence-electron chi connectivity index (χ4n) is 4.14. The van der Waals surface area contributed by atoms with Crippen LogP contribution in [-0.4, -0.2) is 56.5 Å². The van der Waals surface area contributed by atoms with Crippen molar-refractivity contribution in [2.24, 2.45) is 0 Å². The summed E-state index contributed by atoms with van der Waals surface area (Å²) in [5.74, 6) is -0.888. The van der Waals surface area contributed by atoms with E-state index in [0.717, 1.165) is 12.8 Å². The third kappa shape index (κ3) is 4.95. The van der Waals surface area contributed by atoms with Gasteiger partial charge >= 0.3 is 17.6 Å². The van der Waals surface area contributed by atoms with E-state index in [2.05, 4.69) is 9.97 Å². The van der Waals surface area contributed by atoms with Crippen molar-refractivity contribution in [1.29, 1.82) is 0 Å². The maximum atomic E-state index is 13.6. The van der Waals surface area contributed by atoms with E-state index in [1.165, 1.54) is 30.1 Å². The van der Waals surface area contributed by atoms with Gasteiger partial charge in [-0.2, -0.15) is 9.97 Å². The molecule has 0 aliphatic carbocycles. The van der Waals surface area contributed by atoms with Crippen molar-refractivity contribution in [2.45, 2.75) is 84.5 Å². The maximum Gasteiger partial charge on any atom is 0.332 e. The Kier molecular flexibility index (Phi) is 7.57. The van der Waals surface area contributed by atoms with Crippen molar-refractivity contribution >= 4 is 29.1 Å². The first-order valence-electron chi connectivity index (χ1n) is 11.0. The summed E-state index contributed by atoms with van der Waals surface area (Å²) in [5.41, 5.74) is 6.06. The molecule has 33 heavy (non-hydrogen) atoms. The number of hydrogen-bond acceptors (Lipinski definition) is 10. The molecule has 1 aliphatic heterocycles. The minimum Gasteiger partial charge on any atom is -0.479 e. The first-order chi connectivity index (χ1) is 15.7. The van der Waals surface area contributed by atoms with Crippen LogP contribution in [0.2, 0.25) is 0 Å². The summed E-state index contributed by atoms with van der Waals surface area (Å²) in [4.78, 5) is 45.4. The molecule has 0 bridgehead atoms. The van der Waals surface area contributed by atoms with Gasteiger partial charge in [0.25, 0.3) is 0 Å². The molecule has 0 unspecified atom stereocenters. The van der Waals surface area contributed by atoms with Gasteiger partial charge in [0.05, 0.1) is 7.11 Å². The largest absolute Gasteiger partial charge is 0.479 e. The van der Waals surface area contributed by atoms with Gasteiger partial charge in [-0.05, 0) is 12.8 Å². The normalized spacial score (nSPS) is 21.2. The zero-order chi connectivity index (χ0) is 24.3. The predicted octanol–water partition coefficient (Wildman–Crippen LogP) is 1.54. The Labute approximate surface area is 191 Å². The summed E-state index contributed by atoms with van der Waals surface area (Å²) in [6, 6.07) is 0. The summed E-state index contributed by atoms with van der Waals surface area (Å²) < 4.78 is 25.3. The van der Waals surface area contributed by atoms with Gasteiger partial charge in [0.15, 0.2) is 17.4 Å². The number of rotatable bonds is 9. The zero-order valence-corrected chi connectivity index (χ0v) is 19.6. The number of esters is 2. The Hall–Kier alpha value is -3.15. The molecule has 0 saturated carbocycles. The molecule has 3 heterocycles. The number of methoxy groups -OCH3 is 1. The second kappa shape index (κ2) is 10.2. The summed E-state index contributed by atoms with van der Waals surface area (Å²) >= 11 is 0. The van der Waals surface area contributed by atoms with Gasteiger partial charge in [0, 0.05) is 26.8 Å². The minimum atomic E-state index is -1.000. The number of ether oxygens (including phenoxy) is 4. The molecule has 182 valence electrons. The topological polar surface area (TPSA) is 150 Å². The SMILES string of the molecule is CCCCn1c(=O)n([C@@H]2O[C@H]([C@H](CC)OC(C)=O)C[C@H]2OC(C)=O)c2nc(N)nc(OC)c21. The highest BCUT2D eigenvalue weighted by Crippen LogP contribution is 2.36. The number of hydrogen-bond donors (Lipinski definition) is 1. The lowest BCUT2D eigenvalue weighted by Gasteiger charge is -2.22. The Morgan fingerprint density at radius 3 is 2.55 bits per heavy atom. The number of nitrogen functional groups attached to an aromatic ring is 1. The van der Waals surface area contributed by atoms with Gasteiger partial charge in [-0.1, -0.05) is 20.3 Å². The molecule has 0 amide bonds. The number of nitrogens with zero attached hydrogens (tertiary/aromatic N) is 4. The van der Waals surface area contributed by atoms with Crippen LogP contribution >= 0.6 is 0 Å². The molecule has 3 rings (SSSR count). The highest BCUT2D eigenvalue weighted by Gasteiger charge is 2.45. The van der Waals surface area contributed by atoms with Crippen molar-refractivity contribution in [3.8, 4) is 5.88 Å². The number of aryl methyl sites for hydroxylation is 1. The number of carbonyl (C=O) groups excluding carboxylic acids is 2. The molecule has 2 aromatic rings. The molecule has 0 aromatic carbocycles. The molecular formula is C21H31N5O7. The molecular weight excluding hydrogens is 434 g/mol. The van der Waals surface area contributed by atoms with E-state index in [1.54, 1.807) is 0 Å². The van der Waals surface area contributed by atoms with Crippen LogP contribution in [-0.2, 0) is 30.3 Å². The highest BCUT2D eigenvalue weighted by atomic mass is 16.6. The van der Waals surface area contributed by atoms with Crippen LogP contribution in [0.5, 0.6) is 5.88 Å². The molecule has 0 radical (unpaired) electrons. The third-order valence-electron chi connectivity index (χ3n) is 5.52. The second-order valence-electron chi connectivity index (χ2n) is 7.93. The van der Waals surface area contributed by atoms with Crippen LogP contribution in [0.1, 0.15) is 59.6 Å². The van der Waals surface area contributed by atoms with Crippen molar-refractivity contribution in [2.75, 3.05) is 12.8 Å². The molecule has 2 aromatic heterocycles. The highest BCUT2D eigenvalue weighted by molar-refractivity contribution is 5.78. The quantitative estimate of drug-likeness (QED) is 0.540. The van der Waals surface area contributed by atoms with E-state index in [9.17, 15) is 14.4 Å². The van der Waals surface area contributed by atoms with Gasteiger partial charge in [0.2, 0.25) is 11.8 Å². The lowest BCUT2D eigenvalue weighted by atomic mass is 10.1. The number of fused-ring (bicyclic) bond motifs is 1. The van der Waals surface area contributed by atoms with Crippen LogP contribution in [0.25, 0.3) is 11.2 Å². The lowest BCUT2D eigenvalue weighted by Crippen LogP contribution is -2.34. The van der Waals surface area contributed by atoms with E-state index < -0.39 is 42.2 Å². The van der Waals surface area contributed by atoms with Gasteiger partial charge in [-0.3, -0.25) is 14.2 Å². The smallest absolute Gasteiger partial charge is 0.332 e. The fourth-order valence-corrected chi connectivity index (χ4v) is 4.14. The lowest BCUT2D eigenvalue weighted by molar-refractivity contribution is -0.158. The van der Waals surface area contributed by atoms with Crippen molar-refractivity contribution < 1.29 is 28.5 Å². The van der Waals surface area contributed by atoms with E-state index in [1.807, 2.05) is 13.8 Å². The van der Waals surface area contributed by atoms with E-state index >= 15 is 0 Å². The monoisotopic (exact) mass is 465 g/mol. The van der Waals surface area contributed by atoms with Gasteiger partial charge < -0.3 is 24.7 Å². The Balaban J connectivity index is 2.16. The van der Waals surface area contributed by atoms with Crippen LogP contribution < -0.4 is 16.2 Å². The van der Waals surface area contributed by atoms with Gasteiger partial charge in [-0.15, -0.1) is 0 Å². The summed E-state index contributed by atoms with van der Waals surface area (Å²) in [6.07, 6.45) is -0.641. The summed E-state index contributed by atoms with van der Waals surface area (Å²) in [6.45, 7) is 6.87. The molecule has 4 atom stereocenters. The number of anilines is 1. The zero-order valence-electron chi connectivity index (χ0n) is 19.6. The van der Waals surface area contributed by atoms with E-state index in [0.29, 0.717) is 18.5 Å². The van der Waals surface area contributed by atoms with Crippen molar-refractivity contribution in [3.63, 3.8) is 0 Å². The second-order valence-corrected chi connectivity index (χ2v) is 7.93. The van der Waals surface area contributed by atoms with Crippen LogP contribution in [0.3, 0.4) is 0 Å². The number of unbranched alkanes of at least 4 members (excludes halogenated alkanes) is 1. The number of carbonyl (C=O) groups is 2. The third-order valence-corrected chi connectivity index (χ3v) is 5.52. The molecule has 0 spiro atoms. The van der Waals surface area contributed by atoms with Gasteiger partial charge in [-0.25, -0.2) is 9.36 Å². The molecule has 1 aliphatic rings. The number of aromatic nitrogens is 4. The molecule has 1 saturated heterocycles. The van der Waals surface area contributed by atoms with Crippen LogP contribution in [0.4, 0.5) is 5.95 Å². The molecule has 1 fully saturated rings. The van der Waals surface area contributed by atoms with Crippen LogP contribution in [0, 0.1) is 0 Å². The number of nitrogens with two attached hydrogens (primary N) is 1.